The number of aliphatic hydroxyl groups is 1. The Kier molecular flexibility index (Phi) is 6.11. The second kappa shape index (κ2) is 8.74. The number of aliphatic imine (C=N–C) groups is 1. The molecule has 0 bridgehead atoms. The van der Waals surface area contributed by atoms with Gasteiger partial charge in [-0.15, -0.1) is 0 Å². The third-order valence-electron chi connectivity index (χ3n) is 4.44. The van der Waals surface area contributed by atoms with Gasteiger partial charge in [0, 0.05) is 11.3 Å². The van der Waals surface area contributed by atoms with Crippen LogP contribution in [0.5, 0.6) is 0 Å². The lowest BCUT2D eigenvalue weighted by molar-refractivity contribution is -0.140. The minimum atomic E-state index is -1.17. The fourth-order valence-electron chi connectivity index (χ4n) is 2.82. The average molecular weight is 413 g/mol. The van der Waals surface area contributed by atoms with E-state index in [-0.39, 0.29) is 17.6 Å². The highest BCUT2D eigenvalue weighted by Gasteiger charge is 2.24. The number of carbonyl (C=O) groups excluding carboxylic acids is 1. The van der Waals surface area contributed by atoms with E-state index in [1.807, 2.05) is 0 Å². The van der Waals surface area contributed by atoms with Crippen LogP contribution in [0.25, 0.3) is 0 Å². The van der Waals surface area contributed by atoms with Crippen molar-refractivity contribution in [2.75, 3.05) is 10.6 Å². The van der Waals surface area contributed by atoms with E-state index in [1.54, 1.807) is 44.3 Å². The topological polar surface area (TPSA) is 175 Å². The summed E-state index contributed by atoms with van der Waals surface area (Å²) >= 11 is 0. The molecule has 0 saturated heterocycles. The van der Waals surface area contributed by atoms with E-state index >= 15 is 0 Å². The van der Waals surface area contributed by atoms with Crippen LogP contribution >= 0.6 is 0 Å². The van der Waals surface area contributed by atoms with E-state index < -0.39 is 24.1 Å². The van der Waals surface area contributed by atoms with Crippen molar-refractivity contribution < 1.29 is 19.8 Å². The molecule has 0 saturated carbocycles. The van der Waals surface area contributed by atoms with Gasteiger partial charge in [-0.2, -0.15) is 0 Å². The summed E-state index contributed by atoms with van der Waals surface area (Å²) in [5.41, 5.74) is 7.49. The van der Waals surface area contributed by atoms with Crippen molar-refractivity contribution in [2.24, 2.45) is 16.6 Å². The van der Waals surface area contributed by atoms with Crippen LogP contribution in [0.15, 0.2) is 35.5 Å². The van der Waals surface area contributed by atoms with E-state index in [1.165, 1.54) is 0 Å². The summed E-state index contributed by atoms with van der Waals surface area (Å²) in [6, 6.07) is 5.64. The second-order valence-corrected chi connectivity index (χ2v) is 7.07. The predicted octanol–water partition coefficient (Wildman–Crippen LogP) is 0.659. The number of benzene rings is 1. The Hall–Kier alpha value is -3.73. The van der Waals surface area contributed by atoms with Crippen molar-refractivity contribution in [3.8, 4) is 0 Å². The fourth-order valence-corrected chi connectivity index (χ4v) is 2.82. The molecule has 2 unspecified atom stereocenters. The van der Waals surface area contributed by atoms with Crippen LogP contribution in [0.4, 0.5) is 11.5 Å². The molecule has 1 aromatic carbocycles. The number of aliphatic hydroxyl groups excluding tert-OH is 1. The monoisotopic (exact) mass is 413 g/mol. The van der Waals surface area contributed by atoms with Crippen LogP contribution in [-0.4, -0.2) is 44.1 Å². The van der Waals surface area contributed by atoms with E-state index in [0.717, 1.165) is 5.69 Å². The molecular formula is C19H23N7O4. The van der Waals surface area contributed by atoms with Crippen LogP contribution < -0.4 is 21.7 Å². The Bertz CT molecular complexity index is 975. The third-order valence-corrected chi connectivity index (χ3v) is 4.44. The first-order valence-electron chi connectivity index (χ1n) is 9.26. The molecule has 11 nitrogen and oxygen atoms in total. The van der Waals surface area contributed by atoms with Gasteiger partial charge in [0.25, 0.3) is 5.91 Å². The molecule has 30 heavy (non-hydrogen) atoms. The summed E-state index contributed by atoms with van der Waals surface area (Å²) < 4.78 is 0. The van der Waals surface area contributed by atoms with Gasteiger partial charge in [-0.3, -0.25) is 4.79 Å². The lowest BCUT2D eigenvalue weighted by atomic mass is 10.0. The molecule has 1 aromatic heterocycles. The summed E-state index contributed by atoms with van der Waals surface area (Å²) in [6.07, 6.45) is 0.371. The Morgan fingerprint density at radius 3 is 2.60 bits per heavy atom. The lowest BCUT2D eigenvalue weighted by Gasteiger charge is -2.18. The highest BCUT2D eigenvalue weighted by molar-refractivity contribution is 5.97. The predicted molar refractivity (Wildman–Crippen MR) is 110 cm³/mol. The zero-order valence-corrected chi connectivity index (χ0v) is 16.5. The number of anilines is 2. The summed E-state index contributed by atoms with van der Waals surface area (Å²) in [5.74, 6) is -1.33. The van der Waals surface area contributed by atoms with Gasteiger partial charge in [-0.1, -0.05) is 13.8 Å². The molecular weight excluding hydrogens is 390 g/mol. The smallest absolute Gasteiger partial charge is 0.326 e. The number of hydrogen-bond donors (Lipinski definition) is 6. The number of carboxylic acids is 1. The molecule has 11 heteroatoms. The Morgan fingerprint density at radius 2 is 1.97 bits per heavy atom. The molecule has 7 N–H and O–H groups in total. The number of nitrogens with zero attached hydrogens (tertiary/aromatic N) is 3. The van der Waals surface area contributed by atoms with Crippen molar-refractivity contribution in [3.05, 3.63) is 47.4 Å². The molecule has 1 aliphatic rings. The summed E-state index contributed by atoms with van der Waals surface area (Å²) in [4.78, 5) is 35.8. The van der Waals surface area contributed by atoms with Crippen molar-refractivity contribution >= 4 is 29.3 Å². The van der Waals surface area contributed by atoms with E-state index in [4.69, 9.17) is 5.73 Å². The average Bonchev–Trinajstić information content (AvgIpc) is 2.70. The highest BCUT2D eigenvalue weighted by Crippen LogP contribution is 2.23. The number of fused-ring (bicyclic) bond motifs is 1. The van der Waals surface area contributed by atoms with Gasteiger partial charge < -0.3 is 31.9 Å². The van der Waals surface area contributed by atoms with Crippen molar-refractivity contribution in [1.29, 1.82) is 0 Å². The number of nitrogens with one attached hydrogen (secondary N) is 3. The zero-order valence-electron chi connectivity index (χ0n) is 16.5. The molecule has 1 aliphatic heterocycles. The number of amides is 1. The van der Waals surface area contributed by atoms with E-state index in [0.29, 0.717) is 23.6 Å². The molecule has 0 aliphatic carbocycles. The van der Waals surface area contributed by atoms with Crippen LogP contribution in [0.2, 0.25) is 0 Å². The number of aromatic nitrogens is 2. The Morgan fingerprint density at radius 1 is 1.27 bits per heavy atom. The maximum Gasteiger partial charge on any atom is 0.326 e. The van der Waals surface area contributed by atoms with Crippen LogP contribution in [-0.2, 0) is 11.3 Å². The van der Waals surface area contributed by atoms with Gasteiger partial charge in [0.15, 0.2) is 18.0 Å². The van der Waals surface area contributed by atoms with Crippen molar-refractivity contribution in [3.63, 3.8) is 0 Å². The molecule has 2 aromatic rings. The number of rotatable bonds is 7. The largest absolute Gasteiger partial charge is 0.480 e. The van der Waals surface area contributed by atoms with Crippen LogP contribution in [0.1, 0.15) is 41.8 Å². The number of aliphatic carboxylic acids is 1. The van der Waals surface area contributed by atoms with Crippen LogP contribution in [0, 0.1) is 5.92 Å². The van der Waals surface area contributed by atoms with E-state index in [2.05, 4.69) is 30.9 Å². The maximum atomic E-state index is 12.3. The highest BCUT2D eigenvalue weighted by atomic mass is 16.4. The van der Waals surface area contributed by atoms with E-state index in [9.17, 15) is 19.8 Å². The number of carbonyl (C=O) groups is 2. The normalized spacial score (nSPS) is 16.1. The standard InChI is InChI=1S/C19H23N7O4/c1-9(2)13(18(29)30)24-16(27)10-3-5-11(6-4-10)21-7-12-8-22-15-14(23-12)17(28)26-19(20)25-15/h3-6,8-9,13,17,21,28H,7H2,1-2H3,(H,24,27)(H,29,30)(H3,20,22,25,26). The molecule has 1 amide bonds. The van der Waals surface area contributed by atoms with Gasteiger partial charge in [0.1, 0.15) is 11.7 Å². The van der Waals surface area contributed by atoms with Crippen molar-refractivity contribution in [1.82, 2.24) is 15.3 Å². The minimum absolute atomic E-state index is 0.0716. The first kappa shape index (κ1) is 21.0. The van der Waals surface area contributed by atoms with Crippen LogP contribution in [0.3, 0.4) is 0 Å². The van der Waals surface area contributed by atoms with Gasteiger partial charge in [0.05, 0.1) is 18.4 Å². The second-order valence-electron chi connectivity index (χ2n) is 7.07. The molecule has 0 spiro atoms. The number of hydrogen-bond acceptors (Lipinski definition) is 9. The van der Waals surface area contributed by atoms with Gasteiger partial charge in [-0.25, -0.2) is 19.8 Å². The zero-order chi connectivity index (χ0) is 21.8. The Balaban J connectivity index is 1.61. The fraction of sp³-hybridized carbons (Fsp3) is 0.316. The summed E-state index contributed by atoms with van der Waals surface area (Å²) in [5, 5.41) is 27.5. The molecule has 3 rings (SSSR count). The number of carboxylic acid groups (broad SMARTS) is 1. The van der Waals surface area contributed by atoms with Crippen molar-refractivity contribution in [2.45, 2.75) is 32.7 Å². The molecule has 2 heterocycles. The lowest BCUT2D eigenvalue weighted by Crippen LogP contribution is -2.44. The maximum absolute atomic E-state index is 12.3. The summed E-state index contributed by atoms with van der Waals surface area (Å²) in [6.45, 7) is 3.78. The minimum Gasteiger partial charge on any atom is -0.480 e. The first-order chi connectivity index (χ1) is 14.2. The number of nitrogens with two attached hydrogens (primary N) is 1. The first-order valence-corrected chi connectivity index (χ1v) is 9.26. The quantitative estimate of drug-likeness (QED) is 0.381. The van der Waals surface area contributed by atoms with Gasteiger partial charge in [0.2, 0.25) is 0 Å². The molecule has 158 valence electrons. The SMILES string of the molecule is CC(C)C(NC(=O)c1ccc(NCc2cnc3c(n2)C(O)N=C(N)N3)cc1)C(=O)O. The molecule has 0 fully saturated rings. The molecule has 2 atom stereocenters. The Labute approximate surface area is 172 Å². The number of guanidine groups is 1. The van der Waals surface area contributed by atoms with Gasteiger partial charge in [-0.05, 0) is 30.2 Å². The molecule has 0 radical (unpaired) electrons. The van der Waals surface area contributed by atoms with Gasteiger partial charge >= 0.3 is 5.97 Å². The summed E-state index contributed by atoms with van der Waals surface area (Å²) in [7, 11) is 0. The third kappa shape index (κ3) is 4.81.